The summed E-state index contributed by atoms with van der Waals surface area (Å²) in [6, 6.07) is 8.34. The van der Waals surface area contributed by atoms with E-state index in [0.29, 0.717) is 21.8 Å². The molecule has 0 spiro atoms. The summed E-state index contributed by atoms with van der Waals surface area (Å²) in [7, 11) is 0. The monoisotopic (exact) mass is 398 g/mol. The van der Waals surface area contributed by atoms with Gasteiger partial charge in [-0.1, -0.05) is 6.07 Å². The first-order valence-electron chi connectivity index (χ1n) is 8.47. The van der Waals surface area contributed by atoms with E-state index in [1.54, 1.807) is 42.7 Å². The molecular formula is C19H13F3N6O. The number of pyridine rings is 1. The Balaban J connectivity index is 1.61. The van der Waals surface area contributed by atoms with Crippen molar-refractivity contribution in [3.05, 3.63) is 70.6 Å². The maximum atomic E-state index is 13.3. The second-order valence-electron chi connectivity index (χ2n) is 6.16. The van der Waals surface area contributed by atoms with Crippen molar-refractivity contribution in [3.8, 4) is 0 Å². The molecule has 0 saturated carbocycles. The molecule has 1 amide bonds. The van der Waals surface area contributed by atoms with Gasteiger partial charge in [-0.05, 0) is 29.8 Å². The summed E-state index contributed by atoms with van der Waals surface area (Å²) in [5, 5.41) is 6.69. The van der Waals surface area contributed by atoms with Crippen LogP contribution >= 0.6 is 0 Å². The van der Waals surface area contributed by atoms with Gasteiger partial charge in [-0.3, -0.25) is 9.78 Å². The third-order valence-electron chi connectivity index (χ3n) is 4.07. The molecule has 1 aliphatic rings. The number of fused-ring (bicyclic) bond motifs is 1. The zero-order chi connectivity index (χ0) is 20.4. The summed E-state index contributed by atoms with van der Waals surface area (Å²) in [5.74, 6) is -0.727. The van der Waals surface area contributed by atoms with Gasteiger partial charge in [0.25, 0.3) is 5.91 Å². The lowest BCUT2D eigenvalue weighted by atomic mass is 10.2. The van der Waals surface area contributed by atoms with E-state index in [1.165, 1.54) is 6.08 Å². The van der Waals surface area contributed by atoms with Gasteiger partial charge in [0.2, 0.25) is 5.95 Å². The molecule has 0 radical (unpaired) electrons. The Hall–Kier alpha value is -3.82. The van der Waals surface area contributed by atoms with Crippen LogP contribution in [0, 0.1) is 0 Å². The fourth-order valence-corrected chi connectivity index (χ4v) is 2.74. The summed E-state index contributed by atoms with van der Waals surface area (Å²) in [6.07, 6.45) is 0.606. The Labute approximate surface area is 162 Å². The Morgan fingerprint density at radius 3 is 2.72 bits per heavy atom. The predicted octanol–water partition coefficient (Wildman–Crippen LogP) is 2.19. The summed E-state index contributed by atoms with van der Waals surface area (Å²) in [4.78, 5) is 26.8. The minimum absolute atomic E-state index is 0.0205. The predicted molar refractivity (Wildman–Crippen MR) is 98.6 cm³/mol. The standard InChI is InChI=1S/C19H13F3N6O/c20-19(21,22)14-10-25-18(28-17(14)24-9-11-2-1-5-23-8-11)26-13-3-4-15-12(6-13)7-16(29)27-15/h1-8,10H,9H2,(H2,24,25,26,28). The lowest BCUT2D eigenvalue weighted by Crippen LogP contribution is -2.21. The Morgan fingerprint density at radius 1 is 1.10 bits per heavy atom. The van der Waals surface area contributed by atoms with Crippen LogP contribution in [0.1, 0.15) is 11.1 Å². The summed E-state index contributed by atoms with van der Waals surface area (Å²) in [6.45, 7) is 0.116. The lowest BCUT2D eigenvalue weighted by Gasteiger charge is -2.15. The number of anilines is 3. The van der Waals surface area contributed by atoms with E-state index in [9.17, 15) is 18.0 Å². The van der Waals surface area contributed by atoms with Crippen molar-refractivity contribution in [1.82, 2.24) is 15.0 Å². The van der Waals surface area contributed by atoms with Gasteiger partial charge in [-0.2, -0.15) is 18.2 Å². The molecule has 3 aromatic rings. The maximum Gasteiger partial charge on any atom is 0.421 e. The molecule has 0 saturated heterocycles. The highest BCUT2D eigenvalue weighted by Gasteiger charge is 2.35. The number of alkyl halides is 3. The van der Waals surface area contributed by atoms with E-state index in [-0.39, 0.29) is 24.2 Å². The highest BCUT2D eigenvalue weighted by atomic mass is 19.4. The van der Waals surface area contributed by atoms with Crippen LogP contribution in [-0.4, -0.2) is 20.9 Å². The number of carbonyl (C=O) groups is 1. The molecule has 7 nitrogen and oxygen atoms in total. The number of nitrogens with zero attached hydrogens (tertiary/aromatic N) is 4. The molecule has 10 heteroatoms. The van der Waals surface area contributed by atoms with Crippen molar-refractivity contribution in [2.45, 2.75) is 12.7 Å². The van der Waals surface area contributed by atoms with Crippen molar-refractivity contribution in [3.63, 3.8) is 0 Å². The van der Waals surface area contributed by atoms with Crippen LogP contribution in [0.25, 0.3) is 6.08 Å². The number of hydrogen-bond acceptors (Lipinski definition) is 6. The molecule has 1 aromatic carbocycles. The molecule has 2 aromatic heterocycles. The van der Waals surface area contributed by atoms with Gasteiger partial charge in [-0.25, -0.2) is 9.98 Å². The Kier molecular flexibility index (Phi) is 4.67. The van der Waals surface area contributed by atoms with Gasteiger partial charge >= 0.3 is 6.18 Å². The van der Waals surface area contributed by atoms with E-state index < -0.39 is 11.7 Å². The average molecular weight is 398 g/mol. The molecule has 4 rings (SSSR count). The highest BCUT2D eigenvalue weighted by molar-refractivity contribution is 6.06. The molecule has 3 heterocycles. The van der Waals surface area contributed by atoms with E-state index in [4.69, 9.17) is 0 Å². The number of rotatable bonds is 5. The van der Waals surface area contributed by atoms with Gasteiger partial charge in [-0.15, -0.1) is 0 Å². The smallest absolute Gasteiger partial charge is 0.365 e. The first-order chi connectivity index (χ1) is 13.9. The summed E-state index contributed by atoms with van der Waals surface area (Å²) in [5.41, 5.74) is 0.248. The van der Waals surface area contributed by atoms with E-state index in [2.05, 4.69) is 30.6 Å². The largest absolute Gasteiger partial charge is 0.421 e. The zero-order valence-corrected chi connectivity index (χ0v) is 14.7. The van der Waals surface area contributed by atoms with E-state index in [1.807, 2.05) is 0 Å². The first-order valence-corrected chi connectivity index (χ1v) is 8.47. The van der Waals surface area contributed by atoms with Gasteiger partial charge in [0.15, 0.2) is 0 Å². The van der Waals surface area contributed by atoms with Gasteiger partial charge < -0.3 is 10.6 Å². The van der Waals surface area contributed by atoms with Crippen molar-refractivity contribution in [1.29, 1.82) is 0 Å². The number of carbonyl (C=O) groups excluding carboxylic acids is 1. The molecule has 2 N–H and O–H groups in total. The van der Waals surface area contributed by atoms with Crippen molar-refractivity contribution in [2.24, 2.45) is 4.99 Å². The summed E-state index contributed by atoms with van der Waals surface area (Å²) >= 11 is 0. The van der Waals surface area contributed by atoms with Crippen LogP contribution in [0.2, 0.25) is 0 Å². The van der Waals surface area contributed by atoms with Gasteiger partial charge in [0.1, 0.15) is 11.4 Å². The Morgan fingerprint density at radius 2 is 1.97 bits per heavy atom. The van der Waals surface area contributed by atoms with Crippen LogP contribution in [0.15, 0.2) is 53.9 Å². The SMILES string of the molecule is O=C1C=c2cc(Nc3ncc(C(F)(F)F)c(NCc4cccnc4)n3)ccc2=N1. The minimum atomic E-state index is -4.61. The molecule has 1 aliphatic heterocycles. The number of benzene rings is 1. The normalized spacial score (nSPS) is 12.7. The quantitative estimate of drug-likeness (QED) is 0.685. The molecule has 29 heavy (non-hydrogen) atoms. The van der Waals surface area contributed by atoms with Gasteiger partial charge in [0.05, 0.1) is 5.36 Å². The third-order valence-corrected chi connectivity index (χ3v) is 4.07. The first kappa shape index (κ1) is 18.5. The van der Waals surface area contributed by atoms with Crippen molar-refractivity contribution < 1.29 is 18.0 Å². The van der Waals surface area contributed by atoms with Crippen LogP contribution in [-0.2, 0) is 17.5 Å². The van der Waals surface area contributed by atoms with Crippen LogP contribution in [0.3, 0.4) is 0 Å². The molecule has 0 fully saturated rings. The zero-order valence-electron chi connectivity index (χ0n) is 14.7. The average Bonchev–Trinajstić information content (AvgIpc) is 3.06. The number of nitrogens with one attached hydrogen (secondary N) is 2. The highest BCUT2D eigenvalue weighted by Crippen LogP contribution is 2.34. The van der Waals surface area contributed by atoms with Crippen LogP contribution in [0.5, 0.6) is 0 Å². The number of halogens is 3. The minimum Gasteiger partial charge on any atom is -0.365 e. The molecule has 0 bridgehead atoms. The van der Waals surface area contributed by atoms with Crippen LogP contribution in [0.4, 0.5) is 30.6 Å². The molecular weight excluding hydrogens is 385 g/mol. The van der Waals surface area contributed by atoms with E-state index >= 15 is 0 Å². The molecule has 146 valence electrons. The van der Waals surface area contributed by atoms with Gasteiger partial charge in [0, 0.05) is 42.1 Å². The second kappa shape index (κ2) is 7.30. The molecule has 0 aliphatic carbocycles. The molecule has 0 atom stereocenters. The molecule has 0 unspecified atom stereocenters. The van der Waals surface area contributed by atoms with Crippen LogP contribution < -0.4 is 21.2 Å². The topological polar surface area (TPSA) is 92.2 Å². The van der Waals surface area contributed by atoms with Crippen molar-refractivity contribution in [2.75, 3.05) is 10.6 Å². The van der Waals surface area contributed by atoms with Crippen molar-refractivity contribution >= 4 is 29.4 Å². The third kappa shape index (κ3) is 4.21. The fraction of sp³-hybridized carbons (Fsp3) is 0.105. The number of aromatic nitrogens is 3. The fourth-order valence-electron chi connectivity index (χ4n) is 2.74. The number of amides is 1. The summed E-state index contributed by atoms with van der Waals surface area (Å²) < 4.78 is 40.0. The second-order valence-corrected chi connectivity index (χ2v) is 6.16. The maximum absolute atomic E-state index is 13.3. The lowest BCUT2D eigenvalue weighted by molar-refractivity contribution is -0.137. The van der Waals surface area contributed by atoms with E-state index in [0.717, 1.165) is 6.20 Å². The Bertz CT molecular complexity index is 1190. The number of hydrogen-bond donors (Lipinski definition) is 2.